The van der Waals surface area contributed by atoms with Crippen molar-refractivity contribution in [2.75, 3.05) is 13.1 Å². The van der Waals surface area contributed by atoms with Gasteiger partial charge in [-0.05, 0) is 24.5 Å². The Morgan fingerprint density at radius 1 is 1.13 bits per heavy atom. The average molecular weight is 316 g/mol. The van der Waals surface area contributed by atoms with Crippen LogP contribution in [-0.2, 0) is 4.79 Å². The molecule has 0 unspecified atom stereocenters. The van der Waals surface area contributed by atoms with Gasteiger partial charge in [-0.1, -0.05) is 45.2 Å². The van der Waals surface area contributed by atoms with E-state index in [-0.39, 0.29) is 12.5 Å². The number of nitrogens with zero attached hydrogens (tertiary/aromatic N) is 1. The van der Waals surface area contributed by atoms with Crippen LogP contribution in [0.25, 0.3) is 0 Å². The highest BCUT2D eigenvalue weighted by molar-refractivity contribution is 6.22. The molecule has 23 heavy (non-hydrogen) atoms. The summed E-state index contributed by atoms with van der Waals surface area (Å²) in [6.07, 6.45) is 4.37. The summed E-state index contributed by atoms with van der Waals surface area (Å²) in [5.74, 6) is -0.618. The molecule has 0 saturated heterocycles. The summed E-state index contributed by atoms with van der Waals surface area (Å²) < 4.78 is 0. The van der Waals surface area contributed by atoms with Crippen molar-refractivity contribution in [2.45, 2.75) is 39.5 Å². The predicted octanol–water partition coefficient (Wildman–Crippen LogP) is 2.62. The molecule has 0 fully saturated rings. The van der Waals surface area contributed by atoms with Crippen LogP contribution in [0.2, 0.25) is 0 Å². The van der Waals surface area contributed by atoms with Gasteiger partial charge >= 0.3 is 0 Å². The molecule has 5 nitrogen and oxygen atoms in total. The van der Waals surface area contributed by atoms with Gasteiger partial charge in [-0.3, -0.25) is 19.3 Å². The van der Waals surface area contributed by atoms with Crippen LogP contribution in [0.1, 0.15) is 60.2 Å². The number of imide groups is 1. The first-order valence-electron chi connectivity index (χ1n) is 8.30. The number of hydrogen-bond donors (Lipinski definition) is 1. The summed E-state index contributed by atoms with van der Waals surface area (Å²) in [5.41, 5.74) is 0.749. The van der Waals surface area contributed by atoms with E-state index in [2.05, 4.69) is 19.2 Å². The molecule has 0 bridgehead atoms. The molecule has 1 heterocycles. The van der Waals surface area contributed by atoms with E-state index in [1.165, 1.54) is 0 Å². The topological polar surface area (TPSA) is 66.5 Å². The molecule has 5 heteroatoms. The van der Waals surface area contributed by atoms with Crippen LogP contribution in [0.15, 0.2) is 24.3 Å². The van der Waals surface area contributed by atoms with E-state index in [4.69, 9.17) is 0 Å². The number of benzene rings is 1. The van der Waals surface area contributed by atoms with Crippen LogP contribution in [0.5, 0.6) is 0 Å². The Morgan fingerprint density at radius 3 is 2.26 bits per heavy atom. The molecule has 0 saturated carbocycles. The lowest BCUT2D eigenvalue weighted by atomic mass is 9.99. The number of fused-ring (bicyclic) bond motifs is 1. The number of carbonyl (C=O) groups excluding carboxylic acids is 3. The maximum absolute atomic E-state index is 12.2. The molecule has 1 aliphatic rings. The molecule has 2 rings (SSSR count). The van der Waals surface area contributed by atoms with E-state index >= 15 is 0 Å². The lowest BCUT2D eigenvalue weighted by Crippen LogP contribution is -2.41. The van der Waals surface area contributed by atoms with Crippen molar-refractivity contribution in [3.05, 3.63) is 35.4 Å². The Balaban J connectivity index is 1.89. The molecule has 1 aromatic carbocycles. The van der Waals surface area contributed by atoms with Crippen LogP contribution in [0.4, 0.5) is 0 Å². The van der Waals surface area contributed by atoms with Gasteiger partial charge in [0.15, 0.2) is 0 Å². The number of rotatable bonds is 8. The van der Waals surface area contributed by atoms with E-state index in [1.54, 1.807) is 24.3 Å². The third-order valence-electron chi connectivity index (χ3n) is 4.31. The van der Waals surface area contributed by atoms with Crippen molar-refractivity contribution >= 4 is 17.7 Å². The van der Waals surface area contributed by atoms with Crippen molar-refractivity contribution in [3.8, 4) is 0 Å². The largest absolute Gasteiger partial charge is 0.354 e. The molecule has 0 aliphatic carbocycles. The Morgan fingerprint density at radius 2 is 1.74 bits per heavy atom. The molecular weight excluding hydrogens is 292 g/mol. The van der Waals surface area contributed by atoms with Crippen LogP contribution in [-0.4, -0.2) is 35.7 Å². The smallest absolute Gasteiger partial charge is 0.262 e. The molecule has 1 atom stereocenters. The van der Waals surface area contributed by atoms with Crippen molar-refractivity contribution in [1.82, 2.24) is 10.2 Å². The van der Waals surface area contributed by atoms with Crippen LogP contribution >= 0.6 is 0 Å². The van der Waals surface area contributed by atoms with Gasteiger partial charge in [0.2, 0.25) is 5.91 Å². The van der Waals surface area contributed by atoms with Crippen LogP contribution in [0.3, 0.4) is 0 Å². The van der Waals surface area contributed by atoms with Gasteiger partial charge in [0.05, 0.1) is 11.1 Å². The molecular formula is C18H24N2O3. The van der Waals surface area contributed by atoms with Crippen molar-refractivity contribution in [2.24, 2.45) is 5.92 Å². The summed E-state index contributed by atoms with van der Waals surface area (Å²) in [4.78, 5) is 37.5. The van der Waals surface area contributed by atoms with Gasteiger partial charge < -0.3 is 5.32 Å². The Kier molecular flexibility index (Phi) is 5.90. The first-order valence-corrected chi connectivity index (χ1v) is 8.30. The molecule has 1 aliphatic heterocycles. The third-order valence-corrected chi connectivity index (χ3v) is 4.31. The maximum Gasteiger partial charge on any atom is 0.262 e. The molecule has 1 N–H and O–H groups in total. The summed E-state index contributed by atoms with van der Waals surface area (Å²) in [6.45, 7) is 4.64. The third kappa shape index (κ3) is 3.97. The second-order valence-corrected chi connectivity index (χ2v) is 5.96. The summed E-state index contributed by atoms with van der Waals surface area (Å²) >= 11 is 0. The van der Waals surface area contributed by atoms with Gasteiger partial charge in [0, 0.05) is 6.54 Å². The summed E-state index contributed by atoms with van der Waals surface area (Å²) in [7, 11) is 0. The zero-order valence-electron chi connectivity index (χ0n) is 13.8. The fraction of sp³-hybridized carbons (Fsp3) is 0.500. The normalized spacial score (nSPS) is 14.8. The zero-order valence-corrected chi connectivity index (χ0v) is 13.8. The Labute approximate surface area is 137 Å². The summed E-state index contributed by atoms with van der Waals surface area (Å²) in [5, 5.41) is 2.85. The maximum atomic E-state index is 12.2. The van der Waals surface area contributed by atoms with E-state index in [1.807, 2.05) is 0 Å². The minimum absolute atomic E-state index is 0.212. The number of amides is 3. The quantitative estimate of drug-likeness (QED) is 0.750. The Hall–Kier alpha value is -2.17. The molecule has 0 spiro atoms. The lowest BCUT2D eigenvalue weighted by molar-refractivity contribution is -0.121. The van der Waals surface area contributed by atoms with E-state index in [0.717, 1.165) is 30.6 Å². The minimum atomic E-state index is -0.390. The van der Waals surface area contributed by atoms with E-state index in [9.17, 15) is 14.4 Å². The molecule has 0 aromatic heterocycles. The lowest BCUT2D eigenvalue weighted by Gasteiger charge is -2.17. The molecule has 3 amide bonds. The highest BCUT2D eigenvalue weighted by Gasteiger charge is 2.36. The van der Waals surface area contributed by atoms with E-state index < -0.39 is 11.8 Å². The molecule has 0 radical (unpaired) electrons. The minimum Gasteiger partial charge on any atom is -0.354 e. The van der Waals surface area contributed by atoms with Crippen LogP contribution in [0, 0.1) is 5.92 Å². The number of unbranched alkanes of at least 4 members (excludes halogenated alkanes) is 1. The number of carbonyl (C=O) groups is 3. The van der Waals surface area contributed by atoms with Crippen LogP contribution < -0.4 is 5.32 Å². The van der Waals surface area contributed by atoms with Gasteiger partial charge in [-0.15, -0.1) is 0 Å². The fourth-order valence-electron chi connectivity index (χ4n) is 2.78. The molecule has 1 aromatic rings. The average Bonchev–Trinajstić information content (AvgIpc) is 2.80. The second kappa shape index (κ2) is 7.90. The standard InChI is InChI=1S/C18H24N2O3/c1-3-5-8-13(4-2)11-19-16(21)12-20-17(22)14-9-6-7-10-15(14)18(20)23/h6-7,9-10,13H,3-5,8,11-12H2,1-2H3,(H,19,21)/t13-/m1/s1. The highest BCUT2D eigenvalue weighted by atomic mass is 16.2. The first-order chi connectivity index (χ1) is 11.1. The molecule has 124 valence electrons. The fourth-order valence-corrected chi connectivity index (χ4v) is 2.78. The van der Waals surface area contributed by atoms with Gasteiger partial charge in [0.25, 0.3) is 11.8 Å². The predicted molar refractivity (Wildman–Crippen MR) is 88.1 cm³/mol. The second-order valence-electron chi connectivity index (χ2n) is 5.96. The summed E-state index contributed by atoms with van der Waals surface area (Å²) in [6, 6.07) is 6.66. The number of nitrogens with one attached hydrogen (secondary N) is 1. The van der Waals surface area contributed by atoms with Gasteiger partial charge in [0.1, 0.15) is 6.54 Å². The zero-order chi connectivity index (χ0) is 16.8. The Bertz CT molecular complexity index is 563. The van der Waals surface area contributed by atoms with Crippen molar-refractivity contribution in [1.29, 1.82) is 0 Å². The first kappa shape index (κ1) is 17.2. The number of hydrogen-bond acceptors (Lipinski definition) is 3. The van der Waals surface area contributed by atoms with Gasteiger partial charge in [-0.25, -0.2) is 0 Å². The van der Waals surface area contributed by atoms with Gasteiger partial charge in [-0.2, -0.15) is 0 Å². The SMILES string of the molecule is CCCC[C@@H](CC)CNC(=O)CN1C(=O)c2ccccc2C1=O. The monoisotopic (exact) mass is 316 g/mol. The highest BCUT2D eigenvalue weighted by Crippen LogP contribution is 2.21. The van der Waals surface area contributed by atoms with Crippen molar-refractivity contribution in [3.63, 3.8) is 0 Å². The van der Waals surface area contributed by atoms with E-state index in [0.29, 0.717) is 23.6 Å². The van der Waals surface area contributed by atoms with Crippen molar-refractivity contribution < 1.29 is 14.4 Å².